The van der Waals surface area contributed by atoms with E-state index in [1.807, 2.05) is 13.8 Å². The van der Waals surface area contributed by atoms with E-state index in [1.165, 1.54) is 0 Å². The zero-order chi connectivity index (χ0) is 24.2. The van der Waals surface area contributed by atoms with Crippen molar-refractivity contribution in [1.29, 1.82) is 0 Å². The number of fused-ring (bicyclic) bond motifs is 1. The molecule has 7 nitrogen and oxygen atoms in total. The predicted molar refractivity (Wildman–Crippen MR) is 132 cm³/mol. The molecule has 8 heteroatoms. The van der Waals surface area contributed by atoms with E-state index >= 15 is 0 Å². The molecule has 1 aliphatic heterocycles. The quantitative estimate of drug-likeness (QED) is 0.524. The first-order valence-electron chi connectivity index (χ1n) is 11.0. The lowest BCUT2D eigenvalue weighted by Gasteiger charge is -2.30. The Hall–Kier alpha value is -3.71. The standard InChI is InChI=1S/C26H25ClN4O3/c1-16(2)13-22-25(33)29-21-14-19(27)10-11-20(21)26(34)31(22)15-17-6-8-18(9-7-17)24(32)30-23-5-3-4-12-28-23/h3-12,14,16,22H,13,15H2,1-2H3,(H,29,33)(H,28,30,32)/t22-/m1/s1. The average Bonchev–Trinajstić information content (AvgIpc) is 2.90. The molecule has 3 amide bonds. The van der Waals surface area contributed by atoms with Crippen molar-refractivity contribution in [2.75, 3.05) is 10.6 Å². The van der Waals surface area contributed by atoms with Crippen molar-refractivity contribution in [3.05, 3.63) is 88.6 Å². The molecule has 0 fully saturated rings. The van der Waals surface area contributed by atoms with Gasteiger partial charge in [0.1, 0.15) is 11.9 Å². The van der Waals surface area contributed by atoms with E-state index in [0.717, 1.165) is 5.56 Å². The first-order valence-corrected chi connectivity index (χ1v) is 11.4. The number of halogens is 1. The summed E-state index contributed by atoms with van der Waals surface area (Å²) in [5.74, 6) is -0.0948. The monoisotopic (exact) mass is 476 g/mol. The van der Waals surface area contributed by atoms with Crippen LogP contribution in [-0.2, 0) is 11.3 Å². The zero-order valence-electron chi connectivity index (χ0n) is 18.9. The van der Waals surface area contributed by atoms with E-state index in [4.69, 9.17) is 11.6 Å². The molecule has 0 aliphatic carbocycles. The highest BCUT2D eigenvalue weighted by atomic mass is 35.5. The van der Waals surface area contributed by atoms with Gasteiger partial charge in [-0.15, -0.1) is 0 Å². The number of rotatable bonds is 6. The molecule has 1 aromatic heterocycles. The minimum Gasteiger partial charge on any atom is -0.323 e. The molecular formula is C26H25ClN4O3. The van der Waals surface area contributed by atoms with Gasteiger partial charge in [-0.1, -0.05) is 43.6 Å². The number of amides is 3. The van der Waals surface area contributed by atoms with Gasteiger partial charge < -0.3 is 15.5 Å². The van der Waals surface area contributed by atoms with Crippen molar-refractivity contribution >= 4 is 40.8 Å². The van der Waals surface area contributed by atoms with Gasteiger partial charge >= 0.3 is 0 Å². The first kappa shape index (κ1) is 23.4. The summed E-state index contributed by atoms with van der Waals surface area (Å²) in [4.78, 5) is 44.8. The number of nitrogens with zero attached hydrogens (tertiary/aromatic N) is 2. The van der Waals surface area contributed by atoms with Crippen molar-refractivity contribution in [2.24, 2.45) is 5.92 Å². The van der Waals surface area contributed by atoms with Gasteiger partial charge in [-0.25, -0.2) is 4.98 Å². The summed E-state index contributed by atoms with van der Waals surface area (Å²) in [6.45, 7) is 4.26. The second-order valence-electron chi connectivity index (χ2n) is 8.62. The van der Waals surface area contributed by atoms with Crippen molar-refractivity contribution in [3.63, 3.8) is 0 Å². The van der Waals surface area contributed by atoms with E-state index in [-0.39, 0.29) is 30.2 Å². The summed E-state index contributed by atoms with van der Waals surface area (Å²) in [5.41, 5.74) is 2.09. The number of nitrogens with one attached hydrogen (secondary N) is 2. The summed E-state index contributed by atoms with van der Waals surface area (Å²) >= 11 is 6.09. The van der Waals surface area contributed by atoms with Crippen LogP contribution in [0.2, 0.25) is 5.02 Å². The Kier molecular flexibility index (Phi) is 6.93. The molecule has 2 N–H and O–H groups in total. The van der Waals surface area contributed by atoms with Gasteiger partial charge in [0.05, 0.1) is 11.3 Å². The third-order valence-electron chi connectivity index (χ3n) is 5.58. The molecule has 0 saturated carbocycles. The van der Waals surface area contributed by atoms with Crippen LogP contribution in [0.25, 0.3) is 0 Å². The van der Waals surface area contributed by atoms with Crippen LogP contribution in [0.4, 0.5) is 11.5 Å². The van der Waals surface area contributed by atoms with Crippen molar-refractivity contribution in [1.82, 2.24) is 9.88 Å². The second kappa shape index (κ2) is 10.1. The van der Waals surface area contributed by atoms with Crippen molar-refractivity contribution < 1.29 is 14.4 Å². The second-order valence-corrected chi connectivity index (χ2v) is 9.06. The highest BCUT2D eigenvalue weighted by Gasteiger charge is 2.35. The minimum absolute atomic E-state index is 0.202. The van der Waals surface area contributed by atoms with Gasteiger partial charge in [0.25, 0.3) is 11.8 Å². The third kappa shape index (κ3) is 5.26. The molecule has 2 heterocycles. The molecule has 0 spiro atoms. The van der Waals surface area contributed by atoms with Gasteiger partial charge in [0.15, 0.2) is 0 Å². The smallest absolute Gasteiger partial charge is 0.256 e. The molecule has 1 aliphatic rings. The van der Waals surface area contributed by atoms with Gasteiger partial charge in [-0.2, -0.15) is 0 Å². The van der Waals surface area contributed by atoms with Gasteiger partial charge in [-0.05, 0) is 60.4 Å². The van der Waals surface area contributed by atoms with Gasteiger partial charge in [-0.3, -0.25) is 14.4 Å². The third-order valence-corrected chi connectivity index (χ3v) is 5.81. The maximum absolute atomic E-state index is 13.5. The Balaban J connectivity index is 1.58. The maximum atomic E-state index is 13.5. The summed E-state index contributed by atoms with van der Waals surface area (Å²) < 4.78 is 0. The maximum Gasteiger partial charge on any atom is 0.256 e. The SMILES string of the molecule is CC(C)C[C@@H]1C(=O)Nc2cc(Cl)ccc2C(=O)N1Cc1ccc(C(=O)Nc2ccccn2)cc1. The Morgan fingerprint density at radius 1 is 1.12 bits per heavy atom. The summed E-state index contributed by atoms with van der Waals surface area (Å²) in [7, 11) is 0. The van der Waals surface area contributed by atoms with Crippen LogP contribution in [0.3, 0.4) is 0 Å². The zero-order valence-corrected chi connectivity index (χ0v) is 19.7. The molecule has 34 heavy (non-hydrogen) atoms. The number of aromatic nitrogens is 1. The molecule has 0 saturated heterocycles. The van der Waals surface area contributed by atoms with E-state index < -0.39 is 6.04 Å². The minimum atomic E-state index is -0.634. The highest BCUT2D eigenvalue weighted by Crippen LogP contribution is 2.29. The lowest BCUT2D eigenvalue weighted by molar-refractivity contribution is -0.121. The van der Waals surface area contributed by atoms with Gasteiger partial charge in [0, 0.05) is 23.3 Å². The van der Waals surface area contributed by atoms with Crippen LogP contribution in [0.15, 0.2) is 66.9 Å². The normalized spacial score (nSPS) is 15.5. The molecule has 0 unspecified atom stereocenters. The Morgan fingerprint density at radius 2 is 1.88 bits per heavy atom. The van der Waals surface area contributed by atoms with Crippen LogP contribution in [0.1, 0.15) is 46.5 Å². The summed E-state index contributed by atoms with van der Waals surface area (Å²) in [6.07, 6.45) is 2.12. The van der Waals surface area contributed by atoms with E-state index in [1.54, 1.807) is 71.8 Å². The molecule has 0 radical (unpaired) electrons. The van der Waals surface area contributed by atoms with Gasteiger partial charge in [0.2, 0.25) is 5.91 Å². The predicted octanol–water partition coefficient (Wildman–Crippen LogP) is 5.00. The molecule has 0 bridgehead atoms. The number of carbonyl (C=O) groups excluding carboxylic acids is 3. The average molecular weight is 477 g/mol. The first-order chi connectivity index (χ1) is 16.3. The summed E-state index contributed by atoms with van der Waals surface area (Å²) in [5, 5.41) is 6.06. The molecule has 2 aromatic carbocycles. The largest absolute Gasteiger partial charge is 0.323 e. The number of hydrogen-bond donors (Lipinski definition) is 2. The molecule has 4 rings (SSSR count). The fourth-order valence-electron chi connectivity index (χ4n) is 3.91. The number of carbonyl (C=O) groups is 3. The Labute approximate surface area is 203 Å². The number of hydrogen-bond acceptors (Lipinski definition) is 4. The highest BCUT2D eigenvalue weighted by molar-refractivity contribution is 6.31. The Bertz CT molecular complexity index is 1210. The van der Waals surface area contributed by atoms with Crippen LogP contribution in [0.5, 0.6) is 0 Å². The molecule has 1 atom stereocenters. The fraction of sp³-hybridized carbons (Fsp3) is 0.231. The molecule has 3 aromatic rings. The van der Waals surface area contributed by atoms with Crippen LogP contribution in [0, 0.1) is 5.92 Å². The van der Waals surface area contributed by atoms with Crippen LogP contribution in [-0.4, -0.2) is 33.6 Å². The van der Waals surface area contributed by atoms with E-state index in [9.17, 15) is 14.4 Å². The topological polar surface area (TPSA) is 91.4 Å². The lowest BCUT2D eigenvalue weighted by atomic mass is 10.0. The molecular weight excluding hydrogens is 452 g/mol. The number of benzene rings is 2. The fourth-order valence-corrected chi connectivity index (χ4v) is 4.08. The number of pyridine rings is 1. The molecule has 174 valence electrons. The van der Waals surface area contributed by atoms with Crippen molar-refractivity contribution in [3.8, 4) is 0 Å². The van der Waals surface area contributed by atoms with E-state index in [2.05, 4.69) is 15.6 Å². The number of anilines is 2. The lowest BCUT2D eigenvalue weighted by Crippen LogP contribution is -2.45. The van der Waals surface area contributed by atoms with Crippen molar-refractivity contribution in [2.45, 2.75) is 32.9 Å². The Morgan fingerprint density at radius 3 is 2.56 bits per heavy atom. The van der Waals surface area contributed by atoms with E-state index in [0.29, 0.717) is 34.1 Å². The van der Waals surface area contributed by atoms with Crippen LogP contribution < -0.4 is 10.6 Å². The summed E-state index contributed by atoms with van der Waals surface area (Å²) in [6, 6.07) is 16.5. The van der Waals surface area contributed by atoms with Crippen LogP contribution >= 0.6 is 11.6 Å².